The summed E-state index contributed by atoms with van der Waals surface area (Å²) in [5.74, 6) is 0. The van der Waals surface area contributed by atoms with Gasteiger partial charge in [-0.1, -0.05) is 47.5 Å². The molecule has 0 saturated carbocycles. The Morgan fingerprint density at radius 2 is 0.844 bits per heavy atom. The fourth-order valence-corrected chi connectivity index (χ4v) is 5.94. The van der Waals surface area contributed by atoms with Gasteiger partial charge in [0.2, 0.25) is 0 Å². The topological polar surface area (TPSA) is 34.1 Å². The Morgan fingerprint density at radius 1 is 0.469 bits per heavy atom. The highest BCUT2D eigenvalue weighted by molar-refractivity contribution is 7.24. The standard InChI is InChI=1S/2C14H10OS/c2*1-9-6-7-13-11(8-9)14(15)10-4-2-3-5-12(10)16-13/h2*2-8H,1H3. The third-order valence-corrected chi connectivity index (χ3v) is 7.77. The van der Waals surface area contributed by atoms with Crippen molar-refractivity contribution in [1.29, 1.82) is 0 Å². The van der Waals surface area contributed by atoms with E-state index < -0.39 is 0 Å². The number of fused-ring (bicyclic) bond motifs is 4. The highest BCUT2D eigenvalue weighted by Crippen LogP contribution is 2.25. The van der Waals surface area contributed by atoms with Gasteiger partial charge in [0.15, 0.2) is 10.9 Å². The number of rotatable bonds is 0. The number of hydrogen-bond donors (Lipinski definition) is 0. The van der Waals surface area contributed by atoms with E-state index in [1.807, 2.05) is 98.8 Å². The molecule has 0 aliphatic carbocycles. The third-order valence-electron chi connectivity index (χ3n) is 5.46. The van der Waals surface area contributed by atoms with Crippen molar-refractivity contribution < 1.29 is 0 Å². The maximum atomic E-state index is 12.2. The van der Waals surface area contributed by atoms with Crippen molar-refractivity contribution in [2.24, 2.45) is 0 Å². The lowest BCUT2D eigenvalue weighted by molar-refractivity contribution is 1.51. The zero-order chi connectivity index (χ0) is 22.2. The van der Waals surface area contributed by atoms with Gasteiger partial charge in [-0.2, -0.15) is 0 Å². The molecule has 32 heavy (non-hydrogen) atoms. The molecule has 0 saturated heterocycles. The molecule has 0 unspecified atom stereocenters. The van der Waals surface area contributed by atoms with Crippen LogP contribution < -0.4 is 10.9 Å². The zero-order valence-corrected chi connectivity index (χ0v) is 19.3. The van der Waals surface area contributed by atoms with Crippen LogP contribution >= 0.6 is 22.7 Å². The minimum atomic E-state index is 0.146. The second kappa shape index (κ2) is 8.30. The molecule has 156 valence electrons. The maximum absolute atomic E-state index is 12.2. The lowest BCUT2D eigenvalue weighted by Gasteiger charge is -2.01. The average Bonchev–Trinajstić information content (AvgIpc) is 2.81. The van der Waals surface area contributed by atoms with Gasteiger partial charge in [0.25, 0.3) is 0 Å². The SMILES string of the molecule is Cc1ccc2sc3ccccc3c(=O)c2c1.Cc1ccc2sc3ccccc3c(=O)c2c1. The van der Waals surface area contributed by atoms with Crippen molar-refractivity contribution >= 4 is 63.0 Å². The molecule has 4 aromatic carbocycles. The Hall–Kier alpha value is -3.34. The highest BCUT2D eigenvalue weighted by Gasteiger charge is 2.06. The summed E-state index contributed by atoms with van der Waals surface area (Å²) in [7, 11) is 0. The number of benzene rings is 4. The molecule has 0 aliphatic rings. The van der Waals surface area contributed by atoms with E-state index >= 15 is 0 Å². The Morgan fingerprint density at radius 3 is 1.28 bits per heavy atom. The summed E-state index contributed by atoms with van der Waals surface area (Å²) in [6.07, 6.45) is 0. The molecule has 0 fully saturated rings. The number of aryl methyl sites for hydroxylation is 2. The molecule has 0 bridgehead atoms. The molecule has 2 nitrogen and oxygen atoms in total. The van der Waals surface area contributed by atoms with Crippen molar-refractivity contribution in [3.05, 3.63) is 117 Å². The van der Waals surface area contributed by atoms with Crippen molar-refractivity contribution in [1.82, 2.24) is 0 Å². The van der Waals surface area contributed by atoms with Gasteiger partial charge >= 0.3 is 0 Å². The van der Waals surface area contributed by atoms with Crippen LogP contribution in [-0.2, 0) is 0 Å². The lowest BCUT2D eigenvalue weighted by Crippen LogP contribution is -2.00. The normalized spacial score (nSPS) is 11.1. The van der Waals surface area contributed by atoms with Crippen LogP contribution in [0.2, 0.25) is 0 Å². The van der Waals surface area contributed by atoms with E-state index in [4.69, 9.17) is 0 Å². The molecule has 0 radical (unpaired) electrons. The van der Waals surface area contributed by atoms with Gasteiger partial charge in [-0.15, -0.1) is 22.7 Å². The first-order valence-electron chi connectivity index (χ1n) is 10.4. The van der Waals surface area contributed by atoms with Gasteiger partial charge in [-0.05, 0) is 62.4 Å². The summed E-state index contributed by atoms with van der Waals surface area (Å²) in [6, 6.07) is 27.7. The average molecular weight is 453 g/mol. The van der Waals surface area contributed by atoms with Crippen molar-refractivity contribution in [3.8, 4) is 0 Å². The predicted octanol–water partition coefficient (Wildman–Crippen LogP) is 7.45. The molecule has 0 spiro atoms. The van der Waals surface area contributed by atoms with Crippen LogP contribution in [0.5, 0.6) is 0 Å². The van der Waals surface area contributed by atoms with E-state index in [1.54, 1.807) is 22.7 Å². The largest absolute Gasteiger partial charge is 0.289 e. The van der Waals surface area contributed by atoms with E-state index in [0.29, 0.717) is 0 Å². The molecule has 0 atom stereocenters. The molecule has 2 aromatic heterocycles. The summed E-state index contributed by atoms with van der Waals surface area (Å²) in [5.41, 5.74) is 2.56. The molecule has 4 heteroatoms. The molecule has 0 amide bonds. The maximum Gasteiger partial charge on any atom is 0.195 e. The van der Waals surface area contributed by atoms with Gasteiger partial charge in [-0.3, -0.25) is 9.59 Å². The van der Waals surface area contributed by atoms with Gasteiger partial charge in [0.1, 0.15) is 0 Å². The Kier molecular flexibility index (Phi) is 5.33. The molecule has 6 rings (SSSR count). The first-order valence-corrected chi connectivity index (χ1v) is 12.0. The highest BCUT2D eigenvalue weighted by atomic mass is 32.1. The number of hydrogen-bond acceptors (Lipinski definition) is 4. The van der Waals surface area contributed by atoms with Gasteiger partial charge < -0.3 is 0 Å². The van der Waals surface area contributed by atoms with Gasteiger partial charge in [0.05, 0.1) is 0 Å². The van der Waals surface area contributed by atoms with Crippen molar-refractivity contribution in [2.45, 2.75) is 13.8 Å². The van der Waals surface area contributed by atoms with Crippen molar-refractivity contribution in [2.75, 3.05) is 0 Å². The van der Waals surface area contributed by atoms with Crippen LogP contribution in [0, 0.1) is 13.8 Å². The smallest absolute Gasteiger partial charge is 0.195 e. The quantitative estimate of drug-likeness (QED) is 0.224. The van der Waals surface area contributed by atoms with Crippen LogP contribution in [0.1, 0.15) is 11.1 Å². The zero-order valence-electron chi connectivity index (χ0n) is 17.7. The van der Waals surface area contributed by atoms with Crippen LogP contribution in [-0.4, -0.2) is 0 Å². The predicted molar refractivity (Wildman–Crippen MR) is 141 cm³/mol. The molecular formula is C28H20O2S2. The summed E-state index contributed by atoms with van der Waals surface area (Å²) in [4.78, 5) is 24.5. The summed E-state index contributed by atoms with van der Waals surface area (Å²) in [5, 5.41) is 3.32. The monoisotopic (exact) mass is 452 g/mol. The van der Waals surface area contributed by atoms with E-state index in [-0.39, 0.29) is 10.9 Å². The first kappa shape index (κ1) is 20.6. The van der Waals surface area contributed by atoms with Crippen LogP contribution in [0.25, 0.3) is 40.3 Å². The molecule has 2 heterocycles. The van der Waals surface area contributed by atoms with Crippen molar-refractivity contribution in [3.63, 3.8) is 0 Å². The molecule has 0 N–H and O–H groups in total. The van der Waals surface area contributed by atoms with Crippen LogP contribution in [0.3, 0.4) is 0 Å². The molecule has 0 aliphatic heterocycles. The lowest BCUT2D eigenvalue weighted by atomic mass is 10.1. The van der Waals surface area contributed by atoms with Crippen LogP contribution in [0.15, 0.2) is 94.5 Å². The fraction of sp³-hybridized carbons (Fsp3) is 0.0714. The van der Waals surface area contributed by atoms with Gasteiger partial charge in [-0.25, -0.2) is 0 Å². The summed E-state index contributed by atoms with van der Waals surface area (Å²) in [6.45, 7) is 4.03. The second-order valence-electron chi connectivity index (χ2n) is 7.85. The van der Waals surface area contributed by atoms with E-state index in [1.165, 1.54) is 0 Å². The molecular weight excluding hydrogens is 432 g/mol. The molecule has 6 aromatic rings. The minimum absolute atomic E-state index is 0.146. The van der Waals surface area contributed by atoms with Crippen LogP contribution in [0.4, 0.5) is 0 Å². The second-order valence-corrected chi connectivity index (χ2v) is 10.0. The van der Waals surface area contributed by atoms with E-state index in [9.17, 15) is 9.59 Å². The van der Waals surface area contributed by atoms with E-state index in [2.05, 4.69) is 0 Å². The Labute approximate surface area is 193 Å². The summed E-state index contributed by atoms with van der Waals surface area (Å²) >= 11 is 3.35. The first-order chi connectivity index (χ1) is 15.5. The third kappa shape index (κ3) is 3.72. The minimum Gasteiger partial charge on any atom is -0.289 e. The Bertz CT molecular complexity index is 1610. The van der Waals surface area contributed by atoms with E-state index in [0.717, 1.165) is 51.5 Å². The van der Waals surface area contributed by atoms with Gasteiger partial charge in [0, 0.05) is 40.3 Å². The fourth-order valence-electron chi connectivity index (χ4n) is 3.83. The summed E-state index contributed by atoms with van der Waals surface area (Å²) < 4.78 is 4.25. The Balaban J connectivity index is 0.000000135.